The Bertz CT molecular complexity index is 1140. The highest BCUT2D eigenvalue weighted by Crippen LogP contribution is 2.15. The van der Waals surface area contributed by atoms with Crippen molar-refractivity contribution in [3.63, 3.8) is 0 Å². The van der Waals surface area contributed by atoms with Crippen molar-refractivity contribution >= 4 is 35.0 Å². The molecule has 3 rings (SSSR count). The molecule has 198 valence electrons. The fourth-order valence-corrected chi connectivity index (χ4v) is 3.36. The van der Waals surface area contributed by atoms with Crippen LogP contribution in [0.25, 0.3) is 0 Å². The Morgan fingerprint density at radius 3 is 1.08 bits per heavy atom. The summed E-state index contributed by atoms with van der Waals surface area (Å²) in [6.07, 6.45) is 0.946. The lowest BCUT2D eigenvalue weighted by molar-refractivity contribution is 0.0942. The van der Waals surface area contributed by atoms with E-state index in [2.05, 4.69) is 21.3 Å². The van der Waals surface area contributed by atoms with Gasteiger partial charge >= 0.3 is 0 Å². The highest BCUT2D eigenvalue weighted by molar-refractivity contribution is 6.07. The molecule has 3 aromatic rings. The number of amides is 4. The number of aliphatic hydroxyl groups excluding tert-OH is 2. The zero-order valence-electron chi connectivity index (χ0n) is 20.7. The van der Waals surface area contributed by atoms with Crippen LogP contribution in [0.3, 0.4) is 0 Å². The van der Waals surface area contributed by atoms with Crippen LogP contribution in [0.1, 0.15) is 54.3 Å². The molecule has 0 aliphatic heterocycles. The molecule has 0 atom stereocenters. The molecule has 0 saturated carbocycles. The van der Waals surface area contributed by atoms with Crippen molar-refractivity contribution in [2.24, 2.45) is 0 Å². The summed E-state index contributed by atoms with van der Waals surface area (Å²) in [5.41, 5.74) is 2.59. The Labute approximate surface area is 220 Å². The van der Waals surface area contributed by atoms with Crippen LogP contribution in [0.5, 0.6) is 0 Å². The number of hydrogen-bond acceptors (Lipinski definition) is 6. The van der Waals surface area contributed by atoms with Gasteiger partial charge in [0.1, 0.15) is 0 Å². The summed E-state index contributed by atoms with van der Waals surface area (Å²) in [6, 6.07) is 19.0. The normalized spacial score (nSPS) is 10.4. The van der Waals surface area contributed by atoms with E-state index in [-0.39, 0.29) is 36.8 Å². The first-order valence-electron chi connectivity index (χ1n) is 12.1. The first-order valence-corrected chi connectivity index (χ1v) is 12.1. The van der Waals surface area contributed by atoms with Gasteiger partial charge in [-0.2, -0.15) is 0 Å². The van der Waals surface area contributed by atoms with Gasteiger partial charge in [-0.05, 0) is 85.6 Å². The predicted molar refractivity (Wildman–Crippen MR) is 143 cm³/mol. The second-order valence-electron chi connectivity index (χ2n) is 8.31. The number of benzene rings is 3. The molecule has 0 heterocycles. The van der Waals surface area contributed by atoms with E-state index in [4.69, 9.17) is 10.2 Å². The number of carbonyl (C=O) groups excluding carboxylic acids is 4. The zero-order chi connectivity index (χ0) is 27.3. The van der Waals surface area contributed by atoms with Gasteiger partial charge in [-0.1, -0.05) is 0 Å². The molecule has 0 spiro atoms. The second-order valence-corrected chi connectivity index (χ2v) is 8.31. The number of aliphatic hydroxyl groups is 2. The summed E-state index contributed by atoms with van der Waals surface area (Å²) < 4.78 is 0. The SMILES string of the molecule is O=C(NCCCO)c1ccc(NC(=O)c2ccc(C(=O)Nc3ccc(C(=O)NCCCO)cc3)cc2)cc1. The quantitative estimate of drug-likeness (QED) is 0.202. The summed E-state index contributed by atoms with van der Waals surface area (Å²) in [7, 11) is 0. The lowest BCUT2D eigenvalue weighted by Gasteiger charge is -2.09. The molecule has 38 heavy (non-hydrogen) atoms. The lowest BCUT2D eigenvalue weighted by Crippen LogP contribution is -2.25. The molecule has 4 amide bonds. The van der Waals surface area contributed by atoms with Crippen molar-refractivity contribution in [3.05, 3.63) is 95.1 Å². The molecule has 10 nitrogen and oxygen atoms in total. The van der Waals surface area contributed by atoms with Crippen molar-refractivity contribution in [3.8, 4) is 0 Å². The summed E-state index contributed by atoms with van der Waals surface area (Å²) in [5.74, 6) is -1.27. The third-order valence-electron chi connectivity index (χ3n) is 5.46. The maximum atomic E-state index is 12.6. The molecular weight excluding hydrogens is 488 g/mol. The van der Waals surface area contributed by atoms with E-state index < -0.39 is 0 Å². The van der Waals surface area contributed by atoms with E-state index in [0.29, 0.717) is 59.6 Å². The largest absolute Gasteiger partial charge is 0.396 e. The lowest BCUT2D eigenvalue weighted by atomic mass is 10.1. The number of hydrogen-bond donors (Lipinski definition) is 6. The fraction of sp³-hybridized carbons (Fsp3) is 0.214. The summed E-state index contributed by atoms with van der Waals surface area (Å²) in [6.45, 7) is 0.749. The van der Waals surface area contributed by atoms with Gasteiger partial charge in [-0.3, -0.25) is 19.2 Å². The van der Waals surface area contributed by atoms with Crippen LogP contribution < -0.4 is 21.3 Å². The van der Waals surface area contributed by atoms with E-state index in [1.165, 1.54) is 24.3 Å². The maximum Gasteiger partial charge on any atom is 0.255 e. The van der Waals surface area contributed by atoms with Crippen LogP contribution in [0, 0.1) is 0 Å². The monoisotopic (exact) mass is 518 g/mol. The standard InChI is InChI=1S/C28H30N4O6/c33-17-1-15-29-25(35)19-7-11-23(12-8-19)31-27(37)21-3-5-22(6-4-21)28(38)32-24-13-9-20(10-14-24)26(36)30-16-2-18-34/h3-14,33-34H,1-2,15-18H2,(H,29,35)(H,30,36)(H,31,37)(H,32,38). The first kappa shape index (κ1) is 28.0. The molecule has 0 fully saturated rings. The van der Waals surface area contributed by atoms with Crippen LogP contribution in [-0.4, -0.2) is 60.1 Å². The van der Waals surface area contributed by atoms with Gasteiger partial charge in [0.2, 0.25) is 0 Å². The molecule has 0 aliphatic rings. The van der Waals surface area contributed by atoms with Gasteiger partial charge in [0.15, 0.2) is 0 Å². The molecule has 0 radical (unpaired) electrons. The van der Waals surface area contributed by atoms with E-state index in [9.17, 15) is 19.2 Å². The van der Waals surface area contributed by atoms with Crippen molar-refractivity contribution < 1.29 is 29.4 Å². The maximum absolute atomic E-state index is 12.6. The van der Waals surface area contributed by atoms with Gasteiger partial charge < -0.3 is 31.5 Å². The number of rotatable bonds is 12. The van der Waals surface area contributed by atoms with Crippen LogP contribution in [-0.2, 0) is 0 Å². The summed E-state index contributed by atoms with van der Waals surface area (Å²) in [5, 5.41) is 28.4. The molecule has 0 saturated heterocycles. The van der Waals surface area contributed by atoms with Crippen LogP contribution in [0.2, 0.25) is 0 Å². The molecule has 0 aliphatic carbocycles. The average molecular weight is 519 g/mol. The highest BCUT2D eigenvalue weighted by atomic mass is 16.3. The molecule has 0 bridgehead atoms. The molecular formula is C28H30N4O6. The number of anilines is 2. The molecule has 0 unspecified atom stereocenters. The third kappa shape index (κ3) is 8.26. The van der Waals surface area contributed by atoms with Crippen molar-refractivity contribution in [1.29, 1.82) is 0 Å². The van der Waals surface area contributed by atoms with Crippen LogP contribution in [0.15, 0.2) is 72.8 Å². The zero-order valence-corrected chi connectivity index (χ0v) is 20.7. The Morgan fingerprint density at radius 1 is 0.474 bits per heavy atom. The van der Waals surface area contributed by atoms with Gasteiger partial charge in [-0.15, -0.1) is 0 Å². The van der Waals surface area contributed by atoms with Gasteiger partial charge in [0.25, 0.3) is 23.6 Å². The van der Waals surface area contributed by atoms with E-state index in [1.807, 2.05) is 0 Å². The first-order chi connectivity index (χ1) is 18.4. The van der Waals surface area contributed by atoms with Crippen molar-refractivity contribution in [1.82, 2.24) is 10.6 Å². The van der Waals surface area contributed by atoms with Crippen LogP contribution in [0.4, 0.5) is 11.4 Å². The minimum absolute atomic E-state index is 0.000263. The summed E-state index contributed by atoms with van der Waals surface area (Å²) >= 11 is 0. The van der Waals surface area contributed by atoms with E-state index in [1.54, 1.807) is 48.5 Å². The van der Waals surface area contributed by atoms with Gasteiger partial charge in [0, 0.05) is 59.9 Å². The van der Waals surface area contributed by atoms with Crippen LogP contribution >= 0.6 is 0 Å². The minimum Gasteiger partial charge on any atom is -0.396 e. The Hall–Kier alpha value is -4.54. The number of carbonyl (C=O) groups is 4. The van der Waals surface area contributed by atoms with Crippen molar-refractivity contribution in [2.75, 3.05) is 36.9 Å². The second kappa shape index (κ2) is 14.3. The Morgan fingerprint density at radius 2 is 0.763 bits per heavy atom. The van der Waals surface area contributed by atoms with E-state index in [0.717, 1.165) is 0 Å². The predicted octanol–water partition coefficient (Wildman–Crippen LogP) is 2.42. The molecule has 6 N–H and O–H groups in total. The highest BCUT2D eigenvalue weighted by Gasteiger charge is 2.12. The molecule has 3 aromatic carbocycles. The average Bonchev–Trinajstić information content (AvgIpc) is 2.94. The minimum atomic E-state index is -0.370. The van der Waals surface area contributed by atoms with E-state index >= 15 is 0 Å². The van der Waals surface area contributed by atoms with Gasteiger partial charge in [0.05, 0.1) is 0 Å². The third-order valence-corrected chi connectivity index (χ3v) is 5.46. The van der Waals surface area contributed by atoms with Crippen molar-refractivity contribution in [2.45, 2.75) is 12.8 Å². The fourth-order valence-electron chi connectivity index (χ4n) is 3.36. The smallest absolute Gasteiger partial charge is 0.255 e. The summed E-state index contributed by atoms with van der Waals surface area (Å²) in [4.78, 5) is 49.2. The number of nitrogens with one attached hydrogen (secondary N) is 4. The van der Waals surface area contributed by atoms with Gasteiger partial charge in [-0.25, -0.2) is 0 Å². The molecule has 10 heteroatoms. The topological polar surface area (TPSA) is 157 Å². The Kier molecular flexibility index (Phi) is 10.5. The molecule has 0 aromatic heterocycles. The Balaban J connectivity index is 1.52.